The lowest BCUT2D eigenvalue weighted by Gasteiger charge is -2.18. The number of benzene rings is 2. The van der Waals surface area contributed by atoms with E-state index in [1.807, 2.05) is 13.8 Å². The molecular formula is C23H27BrF2N4O4. The van der Waals surface area contributed by atoms with Crippen molar-refractivity contribution in [1.82, 2.24) is 15.0 Å². The first-order valence-electron chi connectivity index (χ1n) is 10.9. The molecule has 1 atom stereocenters. The Morgan fingerprint density at radius 1 is 1.26 bits per heavy atom. The molecule has 0 aliphatic rings. The molecule has 1 heterocycles. The van der Waals surface area contributed by atoms with Gasteiger partial charge in [-0.25, -0.2) is 19.2 Å². The number of hydrogen-bond acceptors (Lipinski definition) is 6. The zero-order chi connectivity index (χ0) is 24.7. The molecule has 0 fully saturated rings. The summed E-state index contributed by atoms with van der Waals surface area (Å²) < 4.78 is 38.2. The van der Waals surface area contributed by atoms with E-state index in [2.05, 4.69) is 31.7 Å². The minimum Gasteiger partial charge on any atom is -0.394 e. The molecule has 0 bridgehead atoms. The number of ether oxygens (including phenoxy) is 1. The Labute approximate surface area is 204 Å². The summed E-state index contributed by atoms with van der Waals surface area (Å²) >= 11 is 3.18. The van der Waals surface area contributed by atoms with Gasteiger partial charge in [0.15, 0.2) is 5.82 Å². The second kappa shape index (κ2) is 12.2. The van der Waals surface area contributed by atoms with Crippen LogP contribution in [0.2, 0.25) is 0 Å². The molecule has 1 aromatic heterocycles. The number of carbonyl (C=O) groups excluding carboxylic acids is 1. The summed E-state index contributed by atoms with van der Waals surface area (Å²) in [6.45, 7) is 4.56. The summed E-state index contributed by atoms with van der Waals surface area (Å²) in [5.41, 5.74) is 2.19. The lowest BCUT2D eigenvalue weighted by Crippen LogP contribution is -2.26. The molecule has 3 rings (SSSR count). The highest BCUT2D eigenvalue weighted by molar-refractivity contribution is 9.10. The molecule has 0 saturated carbocycles. The van der Waals surface area contributed by atoms with Crippen LogP contribution in [0.15, 0.2) is 35.1 Å². The lowest BCUT2D eigenvalue weighted by molar-refractivity contribution is 0.0169. The molecule has 0 saturated heterocycles. The smallest absolute Gasteiger partial charge is 0.277 e. The number of carbonyl (C=O) groups is 1. The molecule has 0 radical (unpaired) electrons. The summed E-state index contributed by atoms with van der Waals surface area (Å²) in [6, 6.07) is 5.69. The maximum absolute atomic E-state index is 15.6. The fourth-order valence-corrected chi connectivity index (χ4v) is 3.68. The van der Waals surface area contributed by atoms with Gasteiger partial charge in [-0.05, 0) is 37.1 Å². The van der Waals surface area contributed by atoms with Gasteiger partial charge in [-0.2, -0.15) is 0 Å². The number of amides is 1. The van der Waals surface area contributed by atoms with Crippen LogP contribution in [0.25, 0.3) is 11.0 Å². The number of nitrogens with one attached hydrogen (secondary N) is 2. The Balaban J connectivity index is 2.05. The Hall–Kier alpha value is -2.60. The first-order chi connectivity index (χ1) is 16.4. The van der Waals surface area contributed by atoms with Crippen molar-refractivity contribution in [2.24, 2.45) is 0 Å². The van der Waals surface area contributed by atoms with Gasteiger partial charge in [0.2, 0.25) is 0 Å². The molecule has 1 unspecified atom stereocenters. The normalized spacial score (nSPS) is 12.2. The molecule has 0 aliphatic heterocycles. The van der Waals surface area contributed by atoms with Gasteiger partial charge in [0, 0.05) is 11.1 Å². The van der Waals surface area contributed by atoms with Crippen molar-refractivity contribution in [2.45, 2.75) is 39.3 Å². The predicted octanol–water partition coefficient (Wildman–Crippen LogP) is 4.68. The summed E-state index contributed by atoms with van der Waals surface area (Å²) in [5, 5.41) is 11.6. The highest BCUT2D eigenvalue weighted by atomic mass is 79.9. The third kappa shape index (κ3) is 6.09. The topological polar surface area (TPSA) is 97.6 Å². The van der Waals surface area contributed by atoms with Crippen LogP contribution in [-0.4, -0.2) is 46.5 Å². The van der Waals surface area contributed by atoms with Gasteiger partial charge >= 0.3 is 0 Å². The molecule has 3 aromatic rings. The van der Waals surface area contributed by atoms with E-state index >= 15 is 4.39 Å². The monoisotopic (exact) mass is 540 g/mol. The molecule has 184 valence electrons. The van der Waals surface area contributed by atoms with Crippen LogP contribution < -0.4 is 10.8 Å². The van der Waals surface area contributed by atoms with Crippen LogP contribution in [0.5, 0.6) is 0 Å². The minimum absolute atomic E-state index is 0.0229. The van der Waals surface area contributed by atoms with Gasteiger partial charge in [0.25, 0.3) is 5.91 Å². The number of imidazole rings is 1. The van der Waals surface area contributed by atoms with Crippen LogP contribution >= 0.6 is 15.9 Å². The van der Waals surface area contributed by atoms with Crippen LogP contribution in [-0.2, 0) is 16.1 Å². The molecule has 0 aliphatic carbocycles. The molecular weight excluding hydrogens is 514 g/mol. The first-order valence-corrected chi connectivity index (χ1v) is 11.7. The van der Waals surface area contributed by atoms with Crippen LogP contribution in [0.4, 0.5) is 20.2 Å². The Morgan fingerprint density at radius 2 is 2.06 bits per heavy atom. The number of nitrogens with zero attached hydrogens (tertiary/aromatic N) is 2. The van der Waals surface area contributed by atoms with Crippen molar-refractivity contribution < 1.29 is 28.3 Å². The van der Waals surface area contributed by atoms with E-state index in [0.29, 0.717) is 23.1 Å². The van der Waals surface area contributed by atoms with Crippen LogP contribution in [0, 0.1) is 11.6 Å². The van der Waals surface area contributed by atoms with Crippen LogP contribution in [0.1, 0.15) is 37.0 Å². The van der Waals surface area contributed by atoms with E-state index < -0.39 is 17.5 Å². The number of hydrogen-bond donors (Lipinski definition) is 3. The maximum Gasteiger partial charge on any atom is 0.277 e. The van der Waals surface area contributed by atoms with Crippen molar-refractivity contribution in [3.05, 3.63) is 52.3 Å². The predicted molar refractivity (Wildman–Crippen MR) is 128 cm³/mol. The zero-order valence-corrected chi connectivity index (χ0v) is 20.5. The number of fused-ring (bicyclic) bond motifs is 1. The van der Waals surface area contributed by atoms with E-state index in [4.69, 9.17) is 14.7 Å². The van der Waals surface area contributed by atoms with E-state index in [-0.39, 0.29) is 41.8 Å². The quantitative estimate of drug-likeness (QED) is 0.228. The number of aliphatic hydroxyl groups is 1. The Morgan fingerprint density at radius 3 is 2.74 bits per heavy atom. The van der Waals surface area contributed by atoms with Crippen molar-refractivity contribution in [1.29, 1.82) is 0 Å². The lowest BCUT2D eigenvalue weighted by atomic mass is 10.1. The summed E-state index contributed by atoms with van der Waals surface area (Å²) in [6.07, 6.45) is 2.99. The van der Waals surface area contributed by atoms with E-state index in [1.54, 1.807) is 10.6 Å². The minimum atomic E-state index is -0.812. The number of aliphatic hydroxyl groups excluding tert-OH is 1. The number of halogens is 3. The molecule has 8 nitrogen and oxygen atoms in total. The molecule has 34 heavy (non-hydrogen) atoms. The van der Waals surface area contributed by atoms with Gasteiger partial charge in [-0.15, -0.1) is 0 Å². The standard InChI is InChI=1S/C23H27BrF2N4O4/c1-3-8-33-15(4-2)12-30-13-27-22-19(30)11-16(23(32)29-34-9-7-31)21(20(22)26)28-18-6-5-14(24)10-17(18)25/h5-6,10-11,13,15,28,31H,3-4,7-9,12H2,1-2H3,(H,29,32). The van der Waals surface area contributed by atoms with E-state index in [1.165, 1.54) is 24.5 Å². The average molecular weight is 541 g/mol. The van der Waals surface area contributed by atoms with Gasteiger partial charge in [-0.3, -0.25) is 9.63 Å². The first kappa shape index (κ1) is 26.0. The summed E-state index contributed by atoms with van der Waals surface area (Å²) in [5.74, 6) is -2.22. The van der Waals surface area contributed by atoms with Crippen molar-refractivity contribution >= 4 is 44.2 Å². The number of anilines is 2. The fraction of sp³-hybridized carbons (Fsp3) is 0.391. The zero-order valence-electron chi connectivity index (χ0n) is 18.9. The third-order valence-electron chi connectivity index (χ3n) is 5.06. The largest absolute Gasteiger partial charge is 0.394 e. The Bertz CT molecular complexity index is 1140. The summed E-state index contributed by atoms with van der Waals surface area (Å²) in [4.78, 5) is 21.9. The van der Waals surface area contributed by atoms with Crippen molar-refractivity contribution in [2.75, 3.05) is 25.1 Å². The highest BCUT2D eigenvalue weighted by Gasteiger charge is 2.23. The van der Waals surface area contributed by atoms with Crippen molar-refractivity contribution in [3.63, 3.8) is 0 Å². The highest BCUT2D eigenvalue weighted by Crippen LogP contribution is 2.32. The average Bonchev–Trinajstić information content (AvgIpc) is 3.22. The molecule has 3 N–H and O–H groups in total. The second-order valence-electron chi connectivity index (χ2n) is 7.53. The molecule has 0 spiro atoms. The molecule has 2 aromatic carbocycles. The van der Waals surface area contributed by atoms with Crippen LogP contribution in [0.3, 0.4) is 0 Å². The van der Waals surface area contributed by atoms with E-state index in [0.717, 1.165) is 12.8 Å². The molecule has 1 amide bonds. The molecule has 11 heteroatoms. The Kier molecular flexibility index (Phi) is 9.34. The van der Waals surface area contributed by atoms with Gasteiger partial charge in [-0.1, -0.05) is 29.8 Å². The van der Waals surface area contributed by atoms with Gasteiger partial charge < -0.3 is 19.7 Å². The number of aromatic nitrogens is 2. The fourth-order valence-electron chi connectivity index (χ4n) is 3.35. The number of hydroxylamine groups is 1. The second-order valence-corrected chi connectivity index (χ2v) is 8.45. The van der Waals surface area contributed by atoms with Gasteiger partial charge in [0.1, 0.15) is 11.3 Å². The van der Waals surface area contributed by atoms with E-state index in [9.17, 15) is 9.18 Å². The summed E-state index contributed by atoms with van der Waals surface area (Å²) in [7, 11) is 0. The van der Waals surface area contributed by atoms with Crippen molar-refractivity contribution in [3.8, 4) is 0 Å². The maximum atomic E-state index is 15.6. The SMILES string of the molecule is CCCOC(CC)Cn1cnc2c(F)c(Nc3ccc(Br)cc3F)c(C(=O)NOCCO)cc21. The number of rotatable bonds is 12. The van der Waals surface area contributed by atoms with Gasteiger partial charge in [0.05, 0.1) is 54.6 Å². The third-order valence-corrected chi connectivity index (χ3v) is 5.56.